The first kappa shape index (κ1) is 16.5. The Hall–Kier alpha value is -2.54. The maximum Gasteiger partial charge on any atom is 0.255 e. The van der Waals surface area contributed by atoms with Crippen LogP contribution in [0.3, 0.4) is 0 Å². The molecule has 1 aromatic carbocycles. The van der Waals surface area contributed by atoms with E-state index in [0.717, 1.165) is 0 Å². The van der Waals surface area contributed by atoms with Gasteiger partial charge < -0.3 is 16.2 Å². The van der Waals surface area contributed by atoms with Crippen LogP contribution in [-0.2, 0) is 20.8 Å². The third-order valence-corrected chi connectivity index (χ3v) is 2.71. The molecule has 0 spiro atoms. The second-order valence-corrected chi connectivity index (χ2v) is 4.98. The van der Waals surface area contributed by atoms with E-state index in [4.69, 9.17) is 5.73 Å². The molecule has 0 atom stereocenters. The van der Waals surface area contributed by atoms with Crippen molar-refractivity contribution in [3.63, 3.8) is 0 Å². The van der Waals surface area contributed by atoms with Gasteiger partial charge in [0.05, 0.1) is 11.3 Å². The fourth-order valence-corrected chi connectivity index (χ4v) is 1.60. The highest BCUT2D eigenvalue weighted by Crippen LogP contribution is 2.23. The number of rotatable bonds is 6. The monoisotopic (exact) mass is 292 g/mol. The summed E-state index contributed by atoms with van der Waals surface area (Å²) in [7, 11) is 0. The second-order valence-electron chi connectivity index (χ2n) is 4.98. The van der Waals surface area contributed by atoms with Crippen molar-refractivity contribution in [2.45, 2.75) is 25.9 Å². The van der Waals surface area contributed by atoms with Crippen molar-refractivity contribution in [1.82, 2.24) is 0 Å². The number of para-hydroxylation sites is 1. The molecule has 0 aliphatic heterocycles. The number of nitrogens with two attached hydrogens (primary N) is 1. The van der Waals surface area contributed by atoms with Gasteiger partial charge in [0.2, 0.25) is 0 Å². The number of ketones is 1. The van der Waals surface area contributed by atoms with Gasteiger partial charge in [-0.1, -0.05) is 12.1 Å². The van der Waals surface area contributed by atoms with Crippen LogP contribution in [-0.4, -0.2) is 34.6 Å². The van der Waals surface area contributed by atoms with E-state index in [1.165, 1.54) is 32.0 Å². The van der Waals surface area contributed by atoms with Gasteiger partial charge >= 0.3 is 0 Å². The van der Waals surface area contributed by atoms with Crippen LogP contribution in [0.4, 0.5) is 5.69 Å². The molecular weight excluding hydrogens is 276 g/mol. The van der Waals surface area contributed by atoms with Gasteiger partial charge in [-0.15, -0.1) is 0 Å². The summed E-state index contributed by atoms with van der Waals surface area (Å²) in [6, 6.07) is 4.33. The molecule has 0 aliphatic carbocycles. The lowest BCUT2D eigenvalue weighted by Crippen LogP contribution is -2.37. The third kappa shape index (κ3) is 4.22. The minimum atomic E-state index is -1.68. The molecule has 7 heteroatoms. The average Bonchev–Trinajstić information content (AvgIpc) is 2.38. The number of Topliss-reactive ketones (excluding diaryl/α,β-unsaturated/α-hetero) is 1. The van der Waals surface area contributed by atoms with Crippen molar-refractivity contribution in [3.8, 4) is 0 Å². The zero-order valence-electron chi connectivity index (χ0n) is 11.7. The Morgan fingerprint density at radius 2 is 1.95 bits per heavy atom. The molecule has 4 N–H and O–H groups in total. The topological polar surface area (TPSA) is 127 Å². The number of hydrogen-bond acceptors (Lipinski definition) is 5. The van der Waals surface area contributed by atoms with Crippen molar-refractivity contribution >= 4 is 29.6 Å². The molecule has 7 nitrogen and oxygen atoms in total. The van der Waals surface area contributed by atoms with Crippen LogP contribution in [0.25, 0.3) is 0 Å². The van der Waals surface area contributed by atoms with Gasteiger partial charge in [-0.25, -0.2) is 0 Å². The number of aliphatic hydroxyl groups is 1. The Bertz CT molecular complexity index is 602. The molecular formula is C14H16N2O5. The number of aldehydes is 1. The number of anilines is 1. The maximum absolute atomic E-state index is 11.8. The summed E-state index contributed by atoms with van der Waals surface area (Å²) in [6.45, 7) is 2.54. The van der Waals surface area contributed by atoms with Crippen LogP contribution in [0.5, 0.6) is 0 Å². The zero-order valence-corrected chi connectivity index (χ0v) is 11.7. The van der Waals surface area contributed by atoms with E-state index in [2.05, 4.69) is 5.32 Å². The molecule has 0 saturated carbocycles. The van der Waals surface area contributed by atoms with E-state index >= 15 is 0 Å². The third-order valence-electron chi connectivity index (χ3n) is 2.71. The number of primary amides is 1. The predicted octanol–water partition coefficient (Wildman–Crippen LogP) is -0.195. The van der Waals surface area contributed by atoms with Gasteiger partial charge in [-0.2, -0.15) is 0 Å². The molecule has 0 saturated heterocycles. The fourth-order valence-electron chi connectivity index (χ4n) is 1.60. The summed E-state index contributed by atoms with van der Waals surface area (Å²) >= 11 is 0. The molecule has 1 aromatic rings. The fraction of sp³-hybridized carbons (Fsp3) is 0.286. The van der Waals surface area contributed by atoms with E-state index in [-0.39, 0.29) is 29.5 Å². The van der Waals surface area contributed by atoms with Crippen LogP contribution >= 0.6 is 0 Å². The lowest BCUT2D eigenvalue weighted by Gasteiger charge is -2.19. The normalized spacial score (nSPS) is 10.8. The van der Waals surface area contributed by atoms with E-state index < -0.39 is 23.2 Å². The summed E-state index contributed by atoms with van der Waals surface area (Å²) in [5.41, 5.74) is 3.82. The van der Waals surface area contributed by atoms with Gasteiger partial charge in [0.15, 0.2) is 12.1 Å². The lowest BCUT2D eigenvalue weighted by molar-refractivity contribution is -0.130. The van der Waals surface area contributed by atoms with Crippen molar-refractivity contribution < 1.29 is 24.3 Å². The van der Waals surface area contributed by atoms with Crippen molar-refractivity contribution in [1.29, 1.82) is 0 Å². The molecule has 1 rings (SSSR count). The smallest absolute Gasteiger partial charge is 0.255 e. The van der Waals surface area contributed by atoms with Crippen LogP contribution < -0.4 is 11.1 Å². The number of benzene rings is 1. The number of carbonyl (C=O) groups excluding carboxylic acids is 4. The molecule has 0 fully saturated rings. The van der Waals surface area contributed by atoms with Gasteiger partial charge in [0.25, 0.3) is 11.8 Å². The van der Waals surface area contributed by atoms with Gasteiger partial charge in [-0.3, -0.25) is 19.2 Å². The number of amides is 2. The summed E-state index contributed by atoms with van der Waals surface area (Å²) < 4.78 is 0. The van der Waals surface area contributed by atoms with E-state index in [9.17, 15) is 24.3 Å². The Morgan fingerprint density at radius 1 is 1.33 bits per heavy atom. The van der Waals surface area contributed by atoms with Crippen LogP contribution in [0.2, 0.25) is 0 Å². The molecule has 0 aliphatic rings. The largest absolute Gasteiger partial charge is 0.381 e. The molecule has 0 radical (unpaired) electrons. The molecule has 0 bridgehead atoms. The van der Waals surface area contributed by atoms with Gasteiger partial charge in [0, 0.05) is 6.42 Å². The van der Waals surface area contributed by atoms with E-state index in [1.807, 2.05) is 0 Å². The Labute approximate surface area is 121 Å². The van der Waals surface area contributed by atoms with Crippen LogP contribution in [0.1, 0.15) is 29.8 Å². The van der Waals surface area contributed by atoms with Gasteiger partial charge in [-0.05, 0) is 25.5 Å². The SMILES string of the molecule is CC(C)(O)C(=O)Nc1c(CC(=O)C=O)cccc1C(N)=O. The van der Waals surface area contributed by atoms with Crippen molar-refractivity contribution in [3.05, 3.63) is 29.3 Å². The van der Waals surface area contributed by atoms with Crippen molar-refractivity contribution in [2.75, 3.05) is 5.32 Å². The molecule has 0 heterocycles. The number of carbonyl (C=O) groups is 4. The quantitative estimate of drug-likeness (QED) is 0.494. The average molecular weight is 292 g/mol. The van der Waals surface area contributed by atoms with Gasteiger partial charge in [0.1, 0.15) is 5.60 Å². The van der Waals surface area contributed by atoms with E-state index in [1.54, 1.807) is 0 Å². The first-order chi connectivity index (χ1) is 9.66. The maximum atomic E-state index is 11.8. The first-order valence-corrected chi connectivity index (χ1v) is 6.10. The lowest BCUT2D eigenvalue weighted by atomic mass is 10.0. The summed E-state index contributed by atoms with van der Waals surface area (Å²) in [5.74, 6) is -2.28. The highest BCUT2D eigenvalue weighted by atomic mass is 16.3. The zero-order chi connectivity index (χ0) is 16.2. The summed E-state index contributed by atoms with van der Waals surface area (Å²) in [5, 5.41) is 12.0. The number of nitrogens with one attached hydrogen (secondary N) is 1. The minimum absolute atomic E-state index is 0.0104. The van der Waals surface area contributed by atoms with Crippen molar-refractivity contribution in [2.24, 2.45) is 5.73 Å². The van der Waals surface area contributed by atoms with Crippen LogP contribution in [0, 0.1) is 0 Å². The molecule has 0 aromatic heterocycles. The second kappa shape index (κ2) is 6.27. The summed E-state index contributed by atoms with van der Waals surface area (Å²) in [6.07, 6.45) is -0.134. The Kier molecular flexibility index (Phi) is 4.93. The highest BCUT2D eigenvalue weighted by molar-refractivity contribution is 6.26. The number of hydrogen-bond donors (Lipinski definition) is 3. The predicted molar refractivity (Wildman–Crippen MR) is 74.7 cm³/mol. The molecule has 112 valence electrons. The first-order valence-electron chi connectivity index (χ1n) is 6.10. The Morgan fingerprint density at radius 3 is 2.43 bits per heavy atom. The minimum Gasteiger partial charge on any atom is -0.381 e. The molecule has 21 heavy (non-hydrogen) atoms. The standard InChI is InChI=1S/C14H16N2O5/c1-14(2,21)13(20)16-11-8(6-9(18)7-17)4-3-5-10(11)12(15)19/h3-5,7,21H,6H2,1-2H3,(H2,15,19)(H,16,20). The van der Waals surface area contributed by atoms with Crippen LogP contribution in [0.15, 0.2) is 18.2 Å². The highest BCUT2D eigenvalue weighted by Gasteiger charge is 2.26. The molecule has 2 amide bonds. The van der Waals surface area contributed by atoms with E-state index in [0.29, 0.717) is 0 Å². The Balaban J connectivity index is 3.29. The molecule has 0 unspecified atom stereocenters. The summed E-state index contributed by atoms with van der Waals surface area (Å²) in [4.78, 5) is 45.0.